The molecule has 1 aromatic carbocycles. The fraction of sp³-hybridized carbons (Fsp3) is 0.400. The van der Waals surface area contributed by atoms with Crippen molar-refractivity contribution in [1.29, 1.82) is 0 Å². The molecule has 2 unspecified atom stereocenters. The highest BCUT2D eigenvalue weighted by molar-refractivity contribution is 6.02. The number of hydrogen-bond acceptors (Lipinski definition) is 1. The van der Waals surface area contributed by atoms with E-state index in [2.05, 4.69) is 18.2 Å². The molecule has 0 fully saturated rings. The third kappa shape index (κ3) is 1.51. The molecule has 0 aromatic heterocycles. The Labute approximate surface area is 96.2 Å². The SMILES string of the molecule is O=C1c2ccccc2CC1C1C=CCCC1. The van der Waals surface area contributed by atoms with Gasteiger partial charge in [0.05, 0.1) is 0 Å². The third-order valence-electron chi connectivity index (χ3n) is 3.87. The van der Waals surface area contributed by atoms with Gasteiger partial charge in [-0.15, -0.1) is 0 Å². The average molecular weight is 212 g/mol. The van der Waals surface area contributed by atoms with Gasteiger partial charge in [-0.05, 0) is 37.2 Å². The summed E-state index contributed by atoms with van der Waals surface area (Å²) in [4.78, 5) is 12.3. The molecular formula is C15H16O. The summed E-state index contributed by atoms with van der Waals surface area (Å²) in [7, 11) is 0. The smallest absolute Gasteiger partial charge is 0.167 e. The number of Topliss-reactive ketones (excluding diaryl/α,β-unsaturated/α-hetero) is 1. The zero-order chi connectivity index (χ0) is 11.0. The van der Waals surface area contributed by atoms with Gasteiger partial charge in [-0.2, -0.15) is 0 Å². The van der Waals surface area contributed by atoms with Crippen molar-refractivity contribution < 1.29 is 4.79 Å². The molecule has 0 aliphatic heterocycles. The van der Waals surface area contributed by atoms with Gasteiger partial charge >= 0.3 is 0 Å². The van der Waals surface area contributed by atoms with Crippen molar-refractivity contribution in [2.45, 2.75) is 25.7 Å². The molecule has 3 rings (SSSR count). The summed E-state index contributed by atoms with van der Waals surface area (Å²) in [5.74, 6) is 1.06. The van der Waals surface area contributed by atoms with Gasteiger partial charge in [-0.25, -0.2) is 0 Å². The van der Waals surface area contributed by atoms with E-state index in [1.165, 1.54) is 24.8 Å². The predicted molar refractivity (Wildman–Crippen MR) is 64.4 cm³/mol. The van der Waals surface area contributed by atoms with Crippen molar-refractivity contribution in [3.8, 4) is 0 Å². The van der Waals surface area contributed by atoms with E-state index in [-0.39, 0.29) is 5.92 Å². The van der Waals surface area contributed by atoms with E-state index in [1.807, 2.05) is 18.2 Å². The molecule has 0 amide bonds. The first kappa shape index (κ1) is 9.83. The Hall–Kier alpha value is -1.37. The monoisotopic (exact) mass is 212 g/mol. The average Bonchev–Trinajstić information content (AvgIpc) is 2.69. The molecule has 2 atom stereocenters. The Balaban J connectivity index is 1.89. The molecular weight excluding hydrogens is 196 g/mol. The van der Waals surface area contributed by atoms with Gasteiger partial charge in [-0.3, -0.25) is 4.79 Å². The van der Waals surface area contributed by atoms with E-state index >= 15 is 0 Å². The molecule has 0 N–H and O–H groups in total. The molecule has 1 aromatic rings. The van der Waals surface area contributed by atoms with Crippen LogP contribution in [-0.4, -0.2) is 5.78 Å². The predicted octanol–water partition coefficient (Wildman–Crippen LogP) is 3.40. The number of carbonyl (C=O) groups excluding carboxylic acids is 1. The van der Waals surface area contributed by atoms with Crippen molar-refractivity contribution in [2.75, 3.05) is 0 Å². The summed E-state index contributed by atoms with van der Waals surface area (Å²) < 4.78 is 0. The first-order valence-electron chi connectivity index (χ1n) is 6.15. The summed E-state index contributed by atoms with van der Waals surface area (Å²) in [5.41, 5.74) is 2.21. The maximum absolute atomic E-state index is 12.3. The number of ketones is 1. The zero-order valence-electron chi connectivity index (χ0n) is 9.36. The molecule has 1 heteroatoms. The first-order chi connectivity index (χ1) is 7.86. The Bertz CT molecular complexity index is 445. The summed E-state index contributed by atoms with van der Waals surface area (Å²) in [5, 5.41) is 0. The second-order valence-corrected chi connectivity index (χ2v) is 4.85. The van der Waals surface area contributed by atoms with Gasteiger partial charge in [0, 0.05) is 11.5 Å². The van der Waals surface area contributed by atoms with E-state index in [4.69, 9.17) is 0 Å². The van der Waals surface area contributed by atoms with Gasteiger partial charge in [-0.1, -0.05) is 36.4 Å². The Kier molecular flexibility index (Phi) is 2.39. The van der Waals surface area contributed by atoms with Gasteiger partial charge in [0.1, 0.15) is 0 Å². The number of hydrogen-bond donors (Lipinski definition) is 0. The molecule has 82 valence electrons. The summed E-state index contributed by atoms with van der Waals surface area (Å²) in [6.45, 7) is 0. The minimum Gasteiger partial charge on any atom is -0.294 e. The fourth-order valence-corrected chi connectivity index (χ4v) is 2.99. The molecule has 0 spiro atoms. The van der Waals surface area contributed by atoms with Crippen LogP contribution >= 0.6 is 0 Å². The number of rotatable bonds is 1. The number of carbonyl (C=O) groups is 1. The highest BCUT2D eigenvalue weighted by atomic mass is 16.1. The minimum atomic E-state index is 0.217. The van der Waals surface area contributed by atoms with Gasteiger partial charge in [0.25, 0.3) is 0 Å². The molecule has 0 bridgehead atoms. The lowest BCUT2D eigenvalue weighted by Crippen LogP contribution is -2.20. The molecule has 0 saturated carbocycles. The Morgan fingerprint density at radius 1 is 1.19 bits per heavy atom. The summed E-state index contributed by atoms with van der Waals surface area (Å²) >= 11 is 0. The highest BCUT2D eigenvalue weighted by Crippen LogP contribution is 2.35. The zero-order valence-corrected chi connectivity index (χ0v) is 9.36. The van der Waals surface area contributed by atoms with Crippen molar-refractivity contribution >= 4 is 5.78 Å². The normalized spacial score (nSPS) is 28.1. The van der Waals surface area contributed by atoms with E-state index in [1.54, 1.807) is 0 Å². The number of benzene rings is 1. The lowest BCUT2D eigenvalue weighted by atomic mass is 9.82. The molecule has 2 aliphatic carbocycles. The maximum atomic E-state index is 12.3. The van der Waals surface area contributed by atoms with Crippen LogP contribution in [0.2, 0.25) is 0 Å². The number of fused-ring (bicyclic) bond motifs is 1. The second-order valence-electron chi connectivity index (χ2n) is 4.85. The Morgan fingerprint density at radius 2 is 2.06 bits per heavy atom. The van der Waals surface area contributed by atoms with Crippen LogP contribution in [0.1, 0.15) is 35.2 Å². The lowest BCUT2D eigenvalue weighted by molar-refractivity contribution is 0.0904. The fourth-order valence-electron chi connectivity index (χ4n) is 2.99. The quantitative estimate of drug-likeness (QED) is 0.652. The van der Waals surface area contributed by atoms with E-state index in [0.717, 1.165) is 12.0 Å². The second kappa shape index (κ2) is 3.89. The van der Waals surface area contributed by atoms with Crippen molar-refractivity contribution in [2.24, 2.45) is 11.8 Å². The number of allylic oxidation sites excluding steroid dienone is 2. The first-order valence-corrected chi connectivity index (χ1v) is 6.15. The molecule has 16 heavy (non-hydrogen) atoms. The van der Waals surface area contributed by atoms with Crippen LogP contribution in [0, 0.1) is 11.8 Å². The largest absolute Gasteiger partial charge is 0.294 e. The maximum Gasteiger partial charge on any atom is 0.167 e. The van der Waals surface area contributed by atoms with Crippen LogP contribution in [0.4, 0.5) is 0 Å². The topological polar surface area (TPSA) is 17.1 Å². The van der Waals surface area contributed by atoms with Crippen LogP contribution in [0.25, 0.3) is 0 Å². The van der Waals surface area contributed by atoms with Gasteiger partial charge in [0.15, 0.2) is 5.78 Å². The van der Waals surface area contributed by atoms with E-state index in [0.29, 0.717) is 11.7 Å². The van der Waals surface area contributed by atoms with Crippen LogP contribution in [-0.2, 0) is 6.42 Å². The van der Waals surface area contributed by atoms with Crippen LogP contribution in [0.15, 0.2) is 36.4 Å². The standard InChI is InChI=1S/C15H16O/c16-15-13-9-5-4-8-12(13)10-14(15)11-6-2-1-3-7-11/h2,4-6,8-9,11,14H,1,3,7,10H2. The van der Waals surface area contributed by atoms with E-state index < -0.39 is 0 Å². The van der Waals surface area contributed by atoms with Crippen molar-refractivity contribution in [1.82, 2.24) is 0 Å². The van der Waals surface area contributed by atoms with Crippen molar-refractivity contribution in [3.63, 3.8) is 0 Å². The molecule has 2 aliphatic rings. The molecule has 0 saturated heterocycles. The summed E-state index contributed by atoms with van der Waals surface area (Å²) in [6, 6.07) is 8.07. The van der Waals surface area contributed by atoms with Crippen LogP contribution in [0.5, 0.6) is 0 Å². The Morgan fingerprint density at radius 3 is 2.81 bits per heavy atom. The molecule has 0 radical (unpaired) electrons. The van der Waals surface area contributed by atoms with Gasteiger partial charge in [0.2, 0.25) is 0 Å². The highest BCUT2D eigenvalue weighted by Gasteiger charge is 2.34. The third-order valence-corrected chi connectivity index (χ3v) is 3.87. The summed E-state index contributed by atoms with van der Waals surface area (Å²) in [6.07, 6.45) is 9.05. The molecule has 1 nitrogen and oxygen atoms in total. The van der Waals surface area contributed by atoms with Crippen LogP contribution < -0.4 is 0 Å². The molecule has 0 heterocycles. The lowest BCUT2D eigenvalue weighted by Gasteiger charge is -2.21. The van der Waals surface area contributed by atoms with Gasteiger partial charge < -0.3 is 0 Å². The van der Waals surface area contributed by atoms with Crippen LogP contribution in [0.3, 0.4) is 0 Å². The van der Waals surface area contributed by atoms with Crippen molar-refractivity contribution in [3.05, 3.63) is 47.5 Å². The minimum absolute atomic E-state index is 0.217. The van der Waals surface area contributed by atoms with E-state index in [9.17, 15) is 4.79 Å².